The third-order valence-electron chi connectivity index (χ3n) is 7.69. The number of likely N-dealkylation sites (tertiary alicyclic amines) is 1. The van der Waals surface area contributed by atoms with Crippen molar-refractivity contribution in [2.24, 2.45) is 0 Å². The van der Waals surface area contributed by atoms with Crippen molar-refractivity contribution in [2.45, 2.75) is 37.8 Å². The normalized spacial score (nSPS) is 16.8. The van der Waals surface area contributed by atoms with Crippen molar-refractivity contribution in [1.29, 1.82) is 0 Å². The number of carboxylic acid groups (broad SMARTS) is 1. The van der Waals surface area contributed by atoms with Gasteiger partial charge in [0.1, 0.15) is 19.3 Å². The van der Waals surface area contributed by atoms with Gasteiger partial charge in [-0.3, -0.25) is 4.79 Å². The van der Waals surface area contributed by atoms with E-state index in [4.69, 9.17) is 9.47 Å². The zero-order valence-electron chi connectivity index (χ0n) is 25.8. The lowest BCUT2D eigenvalue weighted by atomic mass is 10.00. The fraction of sp³-hybridized carbons (Fsp3) is 0.194. The number of hydrogen-bond acceptors (Lipinski definition) is 7. The smallest absolute Gasteiger partial charge is 0.407 e. The minimum atomic E-state index is -1.29. The van der Waals surface area contributed by atoms with Gasteiger partial charge in [-0.2, -0.15) is 0 Å². The number of benzene rings is 4. The van der Waals surface area contributed by atoms with Crippen molar-refractivity contribution in [3.05, 3.63) is 138 Å². The quantitative estimate of drug-likeness (QED) is 0.167. The van der Waals surface area contributed by atoms with Crippen LogP contribution in [0.4, 0.5) is 15.3 Å². The average molecular weight is 651 g/mol. The topological polar surface area (TPSA) is 163 Å². The van der Waals surface area contributed by atoms with E-state index in [1.807, 2.05) is 48.5 Å². The molecule has 0 radical (unpaired) electrons. The minimum Gasteiger partial charge on any atom is -0.480 e. The summed E-state index contributed by atoms with van der Waals surface area (Å²) in [5.74, 6) is -2.51. The van der Waals surface area contributed by atoms with Crippen LogP contribution >= 0.6 is 0 Å². The number of amides is 4. The molecule has 4 N–H and O–H groups in total. The van der Waals surface area contributed by atoms with Crippen LogP contribution in [0.25, 0.3) is 0 Å². The van der Waals surface area contributed by atoms with E-state index in [9.17, 15) is 29.1 Å². The molecule has 0 bridgehead atoms. The van der Waals surface area contributed by atoms with Gasteiger partial charge in [0.25, 0.3) is 0 Å². The zero-order valence-corrected chi connectivity index (χ0v) is 25.8. The Morgan fingerprint density at radius 1 is 0.750 bits per heavy atom. The second-order valence-electron chi connectivity index (χ2n) is 11.0. The van der Waals surface area contributed by atoms with Crippen LogP contribution in [-0.4, -0.2) is 58.6 Å². The Kier molecular flexibility index (Phi) is 11.0. The van der Waals surface area contributed by atoms with Gasteiger partial charge in [0, 0.05) is 12.1 Å². The van der Waals surface area contributed by atoms with Crippen molar-refractivity contribution in [3.8, 4) is 0 Å². The summed E-state index contributed by atoms with van der Waals surface area (Å²) in [6.07, 6.45) is -0.840. The number of esters is 1. The maximum Gasteiger partial charge on any atom is 0.407 e. The molecule has 3 atom stereocenters. The van der Waals surface area contributed by atoms with Gasteiger partial charge >= 0.3 is 24.1 Å². The van der Waals surface area contributed by atoms with Gasteiger partial charge in [0.2, 0.25) is 5.91 Å². The summed E-state index contributed by atoms with van der Waals surface area (Å²) in [7, 11) is 0. The van der Waals surface area contributed by atoms with E-state index >= 15 is 0 Å². The molecule has 1 aliphatic heterocycles. The van der Waals surface area contributed by atoms with Crippen LogP contribution in [0, 0.1) is 0 Å². The van der Waals surface area contributed by atoms with Gasteiger partial charge in [0.05, 0.1) is 24.2 Å². The molecule has 5 rings (SSSR count). The van der Waals surface area contributed by atoms with Crippen LogP contribution in [0.2, 0.25) is 0 Å². The summed E-state index contributed by atoms with van der Waals surface area (Å²) in [6.45, 7) is -0.441. The van der Waals surface area contributed by atoms with Gasteiger partial charge in [-0.1, -0.05) is 97.1 Å². The first-order chi connectivity index (χ1) is 23.3. The highest BCUT2D eigenvalue weighted by atomic mass is 16.5. The number of alkyl carbamates (subject to hydrolysis) is 1. The van der Waals surface area contributed by atoms with Crippen molar-refractivity contribution < 1.29 is 38.6 Å². The van der Waals surface area contributed by atoms with Crippen LogP contribution in [0.1, 0.15) is 39.5 Å². The highest BCUT2D eigenvalue weighted by molar-refractivity contribution is 5.95. The van der Waals surface area contributed by atoms with Crippen molar-refractivity contribution in [3.63, 3.8) is 0 Å². The molecule has 0 aliphatic carbocycles. The molecule has 1 aliphatic rings. The Bertz CT molecular complexity index is 1740. The molecule has 246 valence electrons. The molecule has 1 heterocycles. The molecule has 1 fully saturated rings. The second kappa shape index (κ2) is 15.9. The fourth-order valence-electron chi connectivity index (χ4n) is 5.47. The first-order valence-corrected chi connectivity index (χ1v) is 15.2. The number of nitrogens with zero attached hydrogens (tertiary/aromatic N) is 1. The third kappa shape index (κ3) is 8.75. The van der Waals surface area contributed by atoms with Crippen molar-refractivity contribution in [1.82, 2.24) is 15.5 Å². The Morgan fingerprint density at radius 2 is 1.35 bits per heavy atom. The number of anilines is 1. The molecule has 3 unspecified atom stereocenters. The van der Waals surface area contributed by atoms with Crippen LogP contribution in [0.3, 0.4) is 0 Å². The van der Waals surface area contributed by atoms with E-state index in [2.05, 4.69) is 16.0 Å². The molecular formula is C36H34N4O8. The van der Waals surface area contributed by atoms with Gasteiger partial charge < -0.3 is 35.4 Å². The van der Waals surface area contributed by atoms with Crippen LogP contribution in [0.5, 0.6) is 0 Å². The summed E-state index contributed by atoms with van der Waals surface area (Å²) < 4.78 is 10.7. The standard InChI is InChI=1S/C36H34N4O8/c41-31(21-37-35(45)38-28-18-10-17-27(19-28)34(44)47-22-24-11-4-1-5-12-24)40-30(33(42)43)20-29(32(40)26-15-8-3-9-16-26)39-36(46)48-23-25-13-6-2-7-14-25/h1-19,29-30,32H,20-23H2,(H,39,46)(H,42,43)(H2,37,38,45). The molecule has 4 aromatic carbocycles. The van der Waals surface area contributed by atoms with E-state index in [1.165, 1.54) is 11.0 Å². The number of nitrogens with one attached hydrogen (secondary N) is 3. The molecule has 0 aromatic heterocycles. The number of hydrogen-bond donors (Lipinski definition) is 4. The minimum absolute atomic E-state index is 0.0111. The molecule has 12 nitrogen and oxygen atoms in total. The van der Waals surface area contributed by atoms with Crippen molar-refractivity contribution in [2.75, 3.05) is 11.9 Å². The van der Waals surface area contributed by atoms with Gasteiger partial charge in [-0.25, -0.2) is 19.2 Å². The average Bonchev–Trinajstić information content (AvgIpc) is 3.49. The SMILES string of the molecule is O=C(NCC(=O)N1C(C(=O)O)CC(NC(=O)OCc2ccccc2)C1c1ccccc1)Nc1cccc(C(=O)OCc2ccccc2)c1. The molecule has 0 spiro atoms. The first kappa shape index (κ1) is 33.2. The van der Waals surface area contributed by atoms with Gasteiger partial charge in [-0.15, -0.1) is 0 Å². The molecule has 12 heteroatoms. The number of carboxylic acids is 1. The lowest BCUT2D eigenvalue weighted by molar-refractivity contribution is -0.149. The van der Waals surface area contributed by atoms with E-state index < -0.39 is 54.6 Å². The maximum absolute atomic E-state index is 13.6. The summed E-state index contributed by atoms with van der Waals surface area (Å²) in [5, 5.41) is 17.9. The molecule has 4 aromatic rings. The largest absolute Gasteiger partial charge is 0.480 e. The predicted molar refractivity (Wildman–Crippen MR) is 175 cm³/mol. The van der Waals surface area contributed by atoms with E-state index in [-0.39, 0.29) is 30.9 Å². The van der Waals surface area contributed by atoms with Crippen LogP contribution in [0.15, 0.2) is 115 Å². The maximum atomic E-state index is 13.6. The molecular weight excluding hydrogens is 616 g/mol. The summed E-state index contributed by atoms with van der Waals surface area (Å²) in [6, 6.07) is 29.4. The monoisotopic (exact) mass is 650 g/mol. The number of carbonyl (C=O) groups is 5. The zero-order chi connectivity index (χ0) is 33.9. The lowest BCUT2D eigenvalue weighted by Crippen LogP contribution is -2.48. The summed E-state index contributed by atoms with van der Waals surface area (Å²) in [5.41, 5.74) is 2.69. The highest BCUT2D eigenvalue weighted by Crippen LogP contribution is 2.37. The second-order valence-corrected chi connectivity index (χ2v) is 11.0. The van der Waals surface area contributed by atoms with E-state index in [0.717, 1.165) is 11.1 Å². The van der Waals surface area contributed by atoms with Crippen LogP contribution < -0.4 is 16.0 Å². The third-order valence-corrected chi connectivity index (χ3v) is 7.69. The molecule has 0 saturated carbocycles. The van der Waals surface area contributed by atoms with Crippen LogP contribution in [-0.2, 0) is 32.3 Å². The predicted octanol–water partition coefficient (Wildman–Crippen LogP) is 4.89. The number of urea groups is 1. The number of aliphatic carboxylic acids is 1. The molecule has 48 heavy (non-hydrogen) atoms. The Labute approximate surface area is 276 Å². The number of rotatable bonds is 11. The Morgan fingerprint density at radius 3 is 1.98 bits per heavy atom. The molecule has 4 amide bonds. The fourth-order valence-corrected chi connectivity index (χ4v) is 5.47. The summed E-state index contributed by atoms with van der Waals surface area (Å²) >= 11 is 0. The van der Waals surface area contributed by atoms with E-state index in [1.54, 1.807) is 60.7 Å². The summed E-state index contributed by atoms with van der Waals surface area (Å²) in [4.78, 5) is 65.2. The van der Waals surface area contributed by atoms with Gasteiger partial charge in [0.15, 0.2) is 0 Å². The van der Waals surface area contributed by atoms with E-state index in [0.29, 0.717) is 5.56 Å². The number of ether oxygens (including phenoxy) is 2. The first-order valence-electron chi connectivity index (χ1n) is 15.2. The Hall–Kier alpha value is -6.17. The lowest BCUT2D eigenvalue weighted by Gasteiger charge is -2.31. The van der Waals surface area contributed by atoms with Crippen molar-refractivity contribution >= 4 is 35.7 Å². The Balaban J connectivity index is 1.22. The molecule has 1 saturated heterocycles. The highest BCUT2D eigenvalue weighted by Gasteiger charge is 2.48. The number of carbonyl (C=O) groups excluding carboxylic acids is 4. The van der Waals surface area contributed by atoms with Gasteiger partial charge in [-0.05, 0) is 34.9 Å².